The standard InChI is InChI=1S/C19H22ClN3O/c1-3-9-19(10-4-2)11-6-12-23(19)14-17-21-18(22-24-17)15-7-5-8-16(20)13-15/h3-5,7-8,13H,1-2,6,9-12,14H2. The summed E-state index contributed by atoms with van der Waals surface area (Å²) in [5.41, 5.74) is 0.941. The van der Waals surface area contributed by atoms with Crippen molar-refractivity contribution in [2.24, 2.45) is 0 Å². The fraction of sp³-hybridized carbons (Fsp3) is 0.368. The second-order valence-corrected chi connectivity index (χ2v) is 6.69. The van der Waals surface area contributed by atoms with E-state index >= 15 is 0 Å². The van der Waals surface area contributed by atoms with E-state index in [-0.39, 0.29) is 5.54 Å². The Hall–Kier alpha value is -1.91. The van der Waals surface area contributed by atoms with Gasteiger partial charge in [-0.2, -0.15) is 4.98 Å². The van der Waals surface area contributed by atoms with Gasteiger partial charge in [0.2, 0.25) is 11.7 Å². The van der Waals surface area contributed by atoms with Crippen LogP contribution in [-0.2, 0) is 6.54 Å². The van der Waals surface area contributed by atoms with E-state index in [1.165, 1.54) is 0 Å². The number of likely N-dealkylation sites (tertiary alicyclic amines) is 1. The van der Waals surface area contributed by atoms with Crippen molar-refractivity contribution in [3.63, 3.8) is 0 Å². The molecule has 0 N–H and O–H groups in total. The molecule has 0 amide bonds. The van der Waals surface area contributed by atoms with Gasteiger partial charge in [0.1, 0.15) is 0 Å². The molecule has 0 aliphatic carbocycles. The molecule has 0 unspecified atom stereocenters. The molecule has 0 radical (unpaired) electrons. The topological polar surface area (TPSA) is 42.2 Å². The van der Waals surface area contributed by atoms with E-state index in [4.69, 9.17) is 16.1 Å². The molecule has 24 heavy (non-hydrogen) atoms. The van der Waals surface area contributed by atoms with E-state index in [1.807, 2.05) is 36.4 Å². The van der Waals surface area contributed by atoms with Gasteiger partial charge >= 0.3 is 0 Å². The Labute approximate surface area is 147 Å². The number of nitrogens with zero attached hydrogens (tertiary/aromatic N) is 3. The molecule has 2 aromatic rings. The molecular weight excluding hydrogens is 322 g/mol. The number of aromatic nitrogens is 2. The average Bonchev–Trinajstić information content (AvgIpc) is 3.17. The summed E-state index contributed by atoms with van der Waals surface area (Å²) in [4.78, 5) is 6.96. The second kappa shape index (κ2) is 7.32. The first kappa shape index (κ1) is 16.9. The van der Waals surface area contributed by atoms with Gasteiger partial charge in [-0.25, -0.2) is 0 Å². The zero-order chi connectivity index (χ0) is 17.0. The first-order valence-electron chi connectivity index (χ1n) is 8.22. The first-order valence-corrected chi connectivity index (χ1v) is 8.60. The van der Waals surface area contributed by atoms with Crippen molar-refractivity contribution in [3.05, 3.63) is 60.5 Å². The lowest BCUT2D eigenvalue weighted by atomic mass is 9.88. The third-order valence-corrected chi connectivity index (χ3v) is 4.90. The normalized spacial score (nSPS) is 17.0. The fourth-order valence-electron chi connectivity index (χ4n) is 3.55. The van der Waals surface area contributed by atoms with Crippen LogP contribution in [-0.4, -0.2) is 27.1 Å². The highest BCUT2D eigenvalue weighted by molar-refractivity contribution is 6.30. The summed E-state index contributed by atoms with van der Waals surface area (Å²) in [5, 5.41) is 4.76. The van der Waals surface area contributed by atoms with Crippen molar-refractivity contribution in [2.45, 2.75) is 37.8 Å². The molecule has 0 atom stereocenters. The van der Waals surface area contributed by atoms with Crippen LogP contribution in [0, 0.1) is 0 Å². The molecule has 1 fully saturated rings. The minimum absolute atomic E-state index is 0.0776. The monoisotopic (exact) mass is 343 g/mol. The summed E-state index contributed by atoms with van der Waals surface area (Å²) in [6, 6.07) is 7.48. The van der Waals surface area contributed by atoms with Gasteiger partial charge in [-0.15, -0.1) is 13.2 Å². The predicted molar refractivity (Wildman–Crippen MR) is 96.7 cm³/mol. The van der Waals surface area contributed by atoms with E-state index in [0.717, 1.165) is 37.8 Å². The predicted octanol–water partition coefficient (Wildman–Crippen LogP) is 4.88. The molecule has 1 aliphatic heterocycles. The van der Waals surface area contributed by atoms with E-state index < -0.39 is 0 Å². The molecule has 2 heterocycles. The SMILES string of the molecule is C=CCC1(CC=C)CCCN1Cc1nc(-c2cccc(Cl)c2)no1. The first-order chi connectivity index (χ1) is 11.7. The smallest absolute Gasteiger partial charge is 0.241 e. The van der Waals surface area contributed by atoms with E-state index in [9.17, 15) is 0 Å². The molecular formula is C19H22ClN3O. The van der Waals surface area contributed by atoms with E-state index in [0.29, 0.717) is 23.3 Å². The maximum atomic E-state index is 6.03. The summed E-state index contributed by atoms with van der Waals surface area (Å²) in [6.07, 6.45) is 8.17. The number of hydrogen-bond acceptors (Lipinski definition) is 4. The van der Waals surface area contributed by atoms with Crippen LogP contribution in [0.3, 0.4) is 0 Å². The van der Waals surface area contributed by atoms with Crippen molar-refractivity contribution >= 4 is 11.6 Å². The zero-order valence-corrected chi connectivity index (χ0v) is 14.5. The quantitative estimate of drug-likeness (QED) is 0.672. The molecule has 1 aromatic heterocycles. The van der Waals surface area contributed by atoms with Crippen molar-refractivity contribution in [3.8, 4) is 11.4 Å². The molecule has 1 saturated heterocycles. The highest BCUT2D eigenvalue weighted by Gasteiger charge is 2.39. The highest BCUT2D eigenvalue weighted by atomic mass is 35.5. The lowest BCUT2D eigenvalue weighted by Gasteiger charge is -2.36. The van der Waals surface area contributed by atoms with Gasteiger partial charge < -0.3 is 4.52 Å². The molecule has 5 heteroatoms. The van der Waals surface area contributed by atoms with Gasteiger partial charge in [0.15, 0.2) is 0 Å². The van der Waals surface area contributed by atoms with E-state index in [1.54, 1.807) is 0 Å². The zero-order valence-electron chi connectivity index (χ0n) is 13.7. The Morgan fingerprint density at radius 2 is 2.08 bits per heavy atom. The lowest BCUT2D eigenvalue weighted by Crippen LogP contribution is -2.42. The summed E-state index contributed by atoms with van der Waals surface area (Å²) < 4.78 is 5.47. The van der Waals surface area contributed by atoms with Gasteiger partial charge in [0, 0.05) is 16.1 Å². The third kappa shape index (κ3) is 3.45. The van der Waals surface area contributed by atoms with Gasteiger partial charge in [-0.05, 0) is 44.4 Å². The lowest BCUT2D eigenvalue weighted by molar-refractivity contribution is 0.118. The molecule has 0 bridgehead atoms. The summed E-state index contributed by atoms with van der Waals surface area (Å²) in [5.74, 6) is 1.20. The van der Waals surface area contributed by atoms with Crippen molar-refractivity contribution in [1.29, 1.82) is 0 Å². The van der Waals surface area contributed by atoms with Crippen molar-refractivity contribution in [2.75, 3.05) is 6.54 Å². The Morgan fingerprint density at radius 1 is 1.29 bits per heavy atom. The molecule has 1 aromatic carbocycles. The molecule has 0 saturated carbocycles. The minimum atomic E-state index is 0.0776. The fourth-order valence-corrected chi connectivity index (χ4v) is 3.74. The molecule has 126 valence electrons. The number of halogens is 1. The maximum Gasteiger partial charge on any atom is 0.241 e. The minimum Gasteiger partial charge on any atom is -0.338 e. The number of benzene rings is 1. The van der Waals surface area contributed by atoms with Crippen molar-refractivity contribution < 1.29 is 4.52 Å². The van der Waals surface area contributed by atoms with Crippen LogP contribution in [0.15, 0.2) is 54.1 Å². The van der Waals surface area contributed by atoms with Gasteiger partial charge in [0.05, 0.1) is 6.54 Å². The maximum absolute atomic E-state index is 6.03. The molecule has 1 aliphatic rings. The van der Waals surface area contributed by atoms with Gasteiger partial charge in [-0.1, -0.05) is 41.0 Å². The van der Waals surface area contributed by atoms with Gasteiger partial charge in [0.25, 0.3) is 0 Å². The van der Waals surface area contributed by atoms with Crippen LogP contribution < -0.4 is 0 Å². The van der Waals surface area contributed by atoms with E-state index in [2.05, 4.69) is 28.2 Å². The second-order valence-electron chi connectivity index (χ2n) is 6.26. The Balaban J connectivity index is 1.78. The van der Waals surface area contributed by atoms with Crippen LogP contribution >= 0.6 is 11.6 Å². The number of rotatable bonds is 7. The Bertz CT molecular complexity index is 715. The number of hydrogen-bond donors (Lipinski definition) is 0. The molecule has 0 spiro atoms. The van der Waals surface area contributed by atoms with Crippen LogP contribution in [0.5, 0.6) is 0 Å². The highest BCUT2D eigenvalue weighted by Crippen LogP contribution is 2.37. The van der Waals surface area contributed by atoms with Crippen LogP contribution in [0.1, 0.15) is 31.6 Å². The summed E-state index contributed by atoms with van der Waals surface area (Å²) in [7, 11) is 0. The Kier molecular flexibility index (Phi) is 5.17. The Morgan fingerprint density at radius 3 is 2.79 bits per heavy atom. The van der Waals surface area contributed by atoms with Crippen LogP contribution in [0.2, 0.25) is 5.02 Å². The molecule has 4 nitrogen and oxygen atoms in total. The van der Waals surface area contributed by atoms with Crippen molar-refractivity contribution in [1.82, 2.24) is 15.0 Å². The largest absolute Gasteiger partial charge is 0.338 e. The molecule has 3 rings (SSSR count). The summed E-state index contributed by atoms with van der Waals surface area (Å²) in [6.45, 7) is 9.51. The van der Waals surface area contributed by atoms with Crippen LogP contribution in [0.25, 0.3) is 11.4 Å². The third-order valence-electron chi connectivity index (χ3n) is 4.67. The average molecular weight is 344 g/mol. The van der Waals surface area contributed by atoms with Gasteiger partial charge in [-0.3, -0.25) is 4.90 Å². The summed E-state index contributed by atoms with van der Waals surface area (Å²) >= 11 is 6.03. The van der Waals surface area contributed by atoms with Crippen LogP contribution in [0.4, 0.5) is 0 Å².